The van der Waals surface area contributed by atoms with Crippen LogP contribution in [0, 0.1) is 0 Å². The Labute approximate surface area is 110 Å². The Bertz CT molecular complexity index is 380. The van der Waals surface area contributed by atoms with E-state index in [0.717, 1.165) is 0 Å². The quantitative estimate of drug-likeness (QED) is 0.862. The molecular formula is C12H15Cl2F2N. The molecule has 1 rings (SSSR count). The summed E-state index contributed by atoms with van der Waals surface area (Å²) in [7, 11) is 0. The van der Waals surface area contributed by atoms with Gasteiger partial charge in [0.05, 0.1) is 22.2 Å². The second-order valence-electron chi connectivity index (χ2n) is 4.90. The van der Waals surface area contributed by atoms with Crippen molar-refractivity contribution >= 4 is 23.2 Å². The average Bonchev–Trinajstić information content (AvgIpc) is 2.13. The van der Waals surface area contributed by atoms with Crippen LogP contribution in [0.3, 0.4) is 0 Å². The predicted octanol–water partition coefficient (Wildman–Crippen LogP) is 4.47. The third kappa shape index (κ3) is 4.09. The molecule has 96 valence electrons. The molecular weight excluding hydrogens is 267 g/mol. The van der Waals surface area contributed by atoms with Crippen LogP contribution < -0.4 is 5.32 Å². The van der Waals surface area contributed by atoms with Crippen molar-refractivity contribution in [1.82, 2.24) is 5.32 Å². The van der Waals surface area contributed by atoms with E-state index in [0.29, 0.717) is 0 Å². The number of hydrogen-bond acceptors (Lipinski definition) is 1. The lowest BCUT2D eigenvalue weighted by Gasteiger charge is -2.26. The number of halogens is 4. The number of rotatable bonds is 3. The van der Waals surface area contributed by atoms with Crippen molar-refractivity contribution in [2.24, 2.45) is 0 Å². The molecule has 1 aromatic carbocycles. The second kappa shape index (κ2) is 5.09. The van der Waals surface area contributed by atoms with Crippen LogP contribution in [0.2, 0.25) is 10.0 Å². The van der Waals surface area contributed by atoms with Crippen LogP contribution in [0.1, 0.15) is 26.3 Å². The van der Waals surface area contributed by atoms with E-state index in [-0.39, 0.29) is 15.6 Å². The van der Waals surface area contributed by atoms with Crippen molar-refractivity contribution < 1.29 is 8.78 Å². The Morgan fingerprint density at radius 3 is 2.00 bits per heavy atom. The molecule has 0 heterocycles. The summed E-state index contributed by atoms with van der Waals surface area (Å²) in [5.74, 6) is -3.09. The van der Waals surface area contributed by atoms with E-state index in [2.05, 4.69) is 5.32 Å². The first-order valence-electron chi connectivity index (χ1n) is 5.21. The number of hydrogen-bond donors (Lipinski definition) is 1. The van der Waals surface area contributed by atoms with Crippen LogP contribution in [0.15, 0.2) is 18.2 Å². The van der Waals surface area contributed by atoms with E-state index < -0.39 is 18.0 Å². The van der Waals surface area contributed by atoms with Gasteiger partial charge in [-0.2, -0.15) is 8.78 Å². The topological polar surface area (TPSA) is 12.0 Å². The number of alkyl halides is 2. The summed E-state index contributed by atoms with van der Waals surface area (Å²) in [6, 6.07) is 4.36. The van der Waals surface area contributed by atoms with Crippen molar-refractivity contribution in [1.29, 1.82) is 0 Å². The Kier molecular flexibility index (Phi) is 4.39. The van der Waals surface area contributed by atoms with Crippen LogP contribution in [0.25, 0.3) is 0 Å². The van der Waals surface area contributed by atoms with Crippen LogP contribution >= 0.6 is 23.2 Å². The predicted molar refractivity (Wildman–Crippen MR) is 68.1 cm³/mol. The molecule has 0 bridgehead atoms. The highest BCUT2D eigenvalue weighted by molar-refractivity contribution is 6.36. The molecule has 0 saturated carbocycles. The Morgan fingerprint density at radius 1 is 1.12 bits per heavy atom. The summed E-state index contributed by atoms with van der Waals surface area (Å²) in [5, 5.41) is 2.72. The standard InChI is InChI=1S/C12H15Cl2F2N/c1-11(2,3)17-7-12(15,16)10-8(13)5-4-6-9(10)14/h4-6,17H,7H2,1-3H3. The minimum absolute atomic E-state index is 0.0155. The highest BCUT2D eigenvalue weighted by atomic mass is 35.5. The Balaban J connectivity index is 2.97. The molecule has 1 N–H and O–H groups in total. The normalized spacial score (nSPS) is 12.9. The van der Waals surface area contributed by atoms with Crippen LogP contribution in [-0.4, -0.2) is 12.1 Å². The van der Waals surface area contributed by atoms with Gasteiger partial charge in [0.1, 0.15) is 0 Å². The molecule has 17 heavy (non-hydrogen) atoms. The van der Waals surface area contributed by atoms with Crippen molar-refractivity contribution in [2.45, 2.75) is 32.2 Å². The third-order valence-corrected chi connectivity index (χ3v) is 2.80. The van der Waals surface area contributed by atoms with E-state index in [1.165, 1.54) is 12.1 Å². The summed E-state index contributed by atoms with van der Waals surface area (Å²) in [4.78, 5) is 0. The monoisotopic (exact) mass is 281 g/mol. The van der Waals surface area contributed by atoms with Crippen molar-refractivity contribution in [3.8, 4) is 0 Å². The third-order valence-electron chi connectivity index (χ3n) is 2.17. The molecule has 0 aliphatic rings. The molecule has 0 unspecified atom stereocenters. The minimum Gasteiger partial charge on any atom is -0.306 e. The van der Waals surface area contributed by atoms with Crippen LogP contribution in [0.5, 0.6) is 0 Å². The lowest BCUT2D eigenvalue weighted by Crippen LogP contribution is -2.42. The van der Waals surface area contributed by atoms with Crippen LogP contribution in [-0.2, 0) is 5.92 Å². The molecule has 0 saturated heterocycles. The van der Waals surface area contributed by atoms with Crippen molar-refractivity contribution in [3.63, 3.8) is 0 Å². The molecule has 1 aromatic rings. The maximum Gasteiger partial charge on any atom is 0.288 e. The molecule has 0 atom stereocenters. The fourth-order valence-electron chi connectivity index (χ4n) is 1.31. The molecule has 0 aliphatic heterocycles. The first-order valence-corrected chi connectivity index (χ1v) is 5.96. The highest BCUT2D eigenvalue weighted by Crippen LogP contribution is 2.38. The van der Waals surface area contributed by atoms with Gasteiger partial charge in [0.2, 0.25) is 0 Å². The highest BCUT2D eigenvalue weighted by Gasteiger charge is 2.36. The van der Waals surface area contributed by atoms with E-state index in [4.69, 9.17) is 23.2 Å². The molecule has 0 aromatic heterocycles. The van der Waals surface area contributed by atoms with Gasteiger partial charge in [-0.05, 0) is 32.9 Å². The summed E-state index contributed by atoms with van der Waals surface area (Å²) < 4.78 is 28.0. The smallest absolute Gasteiger partial charge is 0.288 e. The van der Waals surface area contributed by atoms with Gasteiger partial charge in [-0.1, -0.05) is 29.3 Å². The Hall–Kier alpha value is -0.380. The van der Waals surface area contributed by atoms with Gasteiger partial charge in [-0.3, -0.25) is 0 Å². The number of nitrogens with one attached hydrogen (secondary N) is 1. The SMILES string of the molecule is CC(C)(C)NCC(F)(F)c1c(Cl)cccc1Cl. The summed E-state index contributed by atoms with van der Waals surface area (Å²) in [6.07, 6.45) is 0. The van der Waals surface area contributed by atoms with Gasteiger partial charge in [-0.25, -0.2) is 0 Å². The van der Waals surface area contributed by atoms with Gasteiger partial charge in [0, 0.05) is 5.54 Å². The number of benzene rings is 1. The molecule has 0 radical (unpaired) electrons. The maximum atomic E-state index is 14.0. The van der Waals surface area contributed by atoms with Crippen molar-refractivity contribution in [3.05, 3.63) is 33.8 Å². The summed E-state index contributed by atoms with van der Waals surface area (Å²) in [5.41, 5.74) is -0.711. The van der Waals surface area contributed by atoms with Gasteiger partial charge in [-0.15, -0.1) is 0 Å². The first-order chi connectivity index (χ1) is 7.63. The van der Waals surface area contributed by atoms with Crippen molar-refractivity contribution in [2.75, 3.05) is 6.54 Å². The fourth-order valence-corrected chi connectivity index (χ4v) is 1.99. The zero-order chi connectivity index (χ0) is 13.3. The molecule has 0 amide bonds. The maximum absolute atomic E-state index is 14.0. The van der Waals surface area contributed by atoms with Gasteiger partial charge >= 0.3 is 0 Å². The lowest BCUT2D eigenvalue weighted by molar-refractivity contribution is -0.00838. The van der Waals surface area contributed by atoms with E-state index >= 15 is 0 Å². The van der Waals surface area contributed by atoms with Gasteiger partial charge in [0.15, 0.2) is 0 Å². The fraction of sp³-hybridized carbons (Fsp3) is 0.500. The summed E-state index contributed by atoms with van der Waals surface area (Å²) in [6.45, 7) is 4.95. The second-order valence-corrected chi connectivity index (χ2v) is 5.72. The van der Waals surface area contributed by atoms with E-state index in [9.17, 15) is 8.78 Å². The zero-order valence-corrected chi connectivity index (χ0v) is 11.5. The molecule has 0 aliphatic carbocycles. The first kappa shape index (κ1) is 14.7. The lowest BCUT2D eigenvalue weighted by atomic mass is 10.1. The minimum atomic E-state index is -3.09. The molecule has 0 spiro atoms. The largest absolute Gasteiger partial charge is 0.306 e. The van der Waals surface area contributed by atoms with Gasteiger partial charge < -0.3 is 5.32 Å². The van der Waals surface area contributed by atoms with E-state index in [1.54, 1.807) is 6.07 Å². The molecule has 1 nitrogen and oxygen atoms in total. The summed E-state index contributed by atoms with van der Waals surface area (Å²) >= 11 is 11.5. The average molecular weight is 282 g/mol. The van der Waals surface area contributed by atoms with E-state index in [1.807, 2.05) is 20.8 Å². The molecule has 0 fully saturated rings. The molecule has 5 heteroatoms. The van der Waals surface area contributed by atoms with Gasteiger partial charge in [0.25, 0.3) is 5.92 Å². The zero-order valence-electron chi connectivity index (χ0n) is 9.95. The Morgan fingerprint density at radius 2 is 1.59 bits per heavy atom. The van der Waals surface area contributed by atoms with Crippen LogP contribution in [0.4, 0.5) is 8.78 Å².